The first-order valence-electron chi connectivity index (χ1n) is 11.5. The maximum absolute atomic E-state index is 13.0. The van der Waals surface area contributed by atoms with Crippen molar-refractivity contribution < 1.29 is 17.7 Å². The second-order valence-electron chi connectivity index (χ2n) is 8.89. The molecule has 0 N–H and O–H groups in total. The van der Waals surface area contributed by atoms with E-state index in [0.717, 1.165) is 22.3 Å². The Kier molecular flexibility index (Phi) is 7.65. The molecule has 3 aromatic carbocycles. The molecule has 0 fully saturated rings. The van der Waals surface area contributed by atoms with E-state index in [1.807, 2.05) is 32.0 Å². The van der Waals surface area contributed by atoms with Crippen molar-refractivity contribution in [3.63, 3.8) is 0 Å². The number of aryl methyl sites for hydroxylation is 2. The molecular formula is C27H27ClN4O4S. The molecule has 0 aliphatic carbocycles. The van der Waals surface area contributed by atoms with Crippen LogP contribution in [0.5, 0.6) is 0 Å². The van der Waals surface area contributed by atoms with Gasteiger partial charge in [-0.1, -0.05) is 47.1 Å². The molecule has 0 saturated heterocycles. The number of nitrogens with zero attached hydrogens (tertiary/aromatic N) is 4. The summed E-state index contributed by atoms with van der Waals surface area (Å²) >= 11 is 5.92. The summed E-state index contributed by atoms with van der Waals surface area (Å²) < 4.78 is 32.0. The van der Waals surface area contributed by atoms with Crippen LogP contribution in [0.4, 0.5) is 5.69 Å². The van der Waals surface area contributed by atoms with Crippen molar-refractivity contribution >= 4 is 33.2 Å². The summed E-state index contributed by atoms with van der Waals surface area (Å²) in [5, 5.41) is 4.59. The van der Waals surface area contributed by atoms with E-state index in [-0.39, 0.29) is 19.0 Å². The molecule has 1 amide bonds. The number of sulfonamides is 1. The van der Waals surface area contributed by atoms with Crippen LogP contribution in [-0.2, 0) is 23.1 Å². The summed E-state index contributed by atoms with van der Waals surface area (Å²) in [6.45, 7) is 4.07. The Labute approximate surface area is 221 Å². The van der Waals surface area contributed by atoms with E-state index in [4.69, 9.17) is 16.1 Å². The lowest BCUT2D eigenvalue weighted by molar-refractivity contribution is 0.0769. The first kappa shape index (κ1) is 26.4. The maximum Gasteiger partial charge on any atom is 0.254 e. The molecule has 192 valence electrons. The molecule has 0 atom stereocenters. The maximum atomic E-state index is 13.0. The minimum absolute atomic E-state index is 0.135. The highest BCUT2D eigenvalue weighted by Crippen LogP contribution is 2.28. The van der Waals surface area contributed by atoms with Crippen LogP contribution in [0.25, 0.3) is 11.4 Å². The molecule has 1 heterocycles. The second-order valence-corrected chi connectivity index (χ2v) is 11.2. The average molecular weight is 539 g/mol. The summed E-state index contributed by atoms with van der Waals surface area (Å²) in [6, 6.07) is 19.6. The third kappa shape index (κ3) is 6.18. The topological polar surface area (TPSA) is 96.6 Å². The van der Waals surface area contributed by atoms with Crippen LogP contribution in [0.1, 0.15) is 32.9 Å². The predicted molar refractivity (Wildman–Crippen MR) is 144 cm³/mol. The fraction of sp³-hybridized carbons (Fsp3) is 0.222. The largest absolute Gasteiger partial charge is 0.337 e. The molecule has 4 aromatic rings. The van der Waals surface area contributed by atoms with Crippen LogP contribution < -0.4 is 4.31 Å². The van der Waals surface area contributed by atoms with Gasteiger partial charge in [0.2, 0.25) is 21.7 Å². The molecule has 8 nitrogen and oxygen atoms in total. The third-order valence-electron chi connectivity index (χ3n) is 5.91. The Morgan fingerprint density at radius 2 is 1.57 bits per heavy atom. The molecule has 0 spiro atoms. The Bertz CT molecular complexity index is 1500. The number of aromatic nitrogens is 2. The van der Waals surface area contributed by atoms with E-state index in [1.54, 1.807) is 55.6 Å². The Hall–Kier alpha value is -3.69. The van der Waals surface area contributed by atoms with Crippen molar-refractivity contribution in [3.8, 4) is 11.4 Å². The normalized spacial score (nSPS) is 11.4. The lowest BCUT2D eigenvalue weighted by atomic mass is 10.1. The number of rotatable bonds is 8. The number of halogens is 1. The summed E-state index contributed by atoms with van der Waals surface area (Å²) in [7, 11) is -1.88. The fourth-order valence-electron chi connectivity index (χ4n) is 4.01. The van der Waals surface area contributed by atoms with E-state index in [2.05, 4.69) is 10.1 Å². The van der Waals surface area contributed by atoms with Crippen molar-refractivity contribution in [1.82, 2.24) is 15.0 Å². The molecule has 0 aliphatic rings. The van der Waals surface area contributed by atoms with Gasteiger partial charge in [-0.05, 0) is 66.9 Å². The first-order chi connectivity index (χ1) is 17.5. The number of para-hydroxylation sites is 1. The van der Waals surface area contributed by atoms with Crippen LogP contribution in [0.15, 0.2) is 71.3 Å². The van der Waals surface area contributed by atoms with E-state index in [0.29, 0.717) is 28.0 Å². The highest BCUT2D eigenvalue weighted by atomic mass is 35.5. The molecule has 0 bridgehead atoms. The van der Waals surface area contributed by atoms with Gasteiger partial charge in [0.05, 0.1) is 25.0 Å². The molecule has 37 heavy (non-hydrogen) atoms. The van der Waals surface area contributed by atoms with Gasteiger partial charge in [0, 0.05) is 23.2 Å². The fourth-order valence-corrected chi connectivity index (χ4v) is 5.14. The standard InChI is InChI=1S/C27H27ClN4O4S/c1-18-6-5-7-19(2)25(18)32(37(4,34)35)16-20-8-10-22(11-9-20)27(33)31(3)17-24-29-26(30-36-24)21-12-14-23(28)15-13-21/h5-15H,16-17H2,1-4H3. The van der Waals surface area contributed by atoms with Gasteiger partial charge >= 0.3 is 0 Å². The lowest BCUT2D eigenvalue weighted by Gasteiger charge is -2.26. The number of hydrogen-bond donors (Lipinski definition) is 0. The average Bonchev–Trinajstić information content (AvgIpc) is 3.31. The van der Waals surface area contributed by atoms with Crippen LogP contribution in [0, 0.1) is 13.8 Å². The molecule has 4 rings (SSSR count). The zero-order valence-corrected chi connectivity index (χ0v) is 22.5. The summed E-state index contributed by atoms with van der Waals surface area (Å²) in [5.74, 6) is 0.485. The zero-order chi connectivity index (χ0) is 26.7. The van der Waals surface area contributed by atoms with Gasteiger partial charge in [0.25, 0.3) is 5.91 Å². The zero-order valence-electron chi connectivity index (χ0n) is 21.0. The van der Waals surface area contributed by atoms with Gasteiger partial charge in [0.1, 0.15) is 0 Å². The summed E-state index contributed by atoms with van der Waals surface area (Å²) in [4.78, 5) is 18.8. The number of amides is 1. The number of benzene rings is 3. The van der Waals surface area contributed by atoms with E-state index in [9.17, 15) is 13.2 Å². The van der Waals surface area contributed by atoms with Crippen LogP contribution in [0.3, 0.4) is 0 Å². The first-order valence-corrected chi connectivity index (χ1v) is 13.7. The van der Waals surface area contributed by atoms with Crippen LogP contribution >= 0.6 is 11.6 Å². The van der Waals surface area contributed by atoms with Gasteiger partial charge in [-0.3, -0.25) is 9.10 Å². The number of anilines is 1. The van der Waals surface area contributed by atoms with E-state index in [1.165, 1.54) is 15.5 Å². The predicted octanol–water partition coefficient (Wildman–Crippen LogP) is 5.25. The summed E-state index contributed by atoms with van der Waals surface area (Å²) in [6.07, 6.45) is 1.20. The minimum atomic E-state index is -3.53. The van der Waals surface area contributed by atoms with Crippen LogP contribution in [-0.4, -0.2) is 42.7 Å². The third-order valence-corrected chi connectivity index (χ3v) is 7.27. The highest BCUT2D eigenvalue weighted by Gasteiger charge is 2.22. The van der Waals surface area contributed by atoms with E-state index >= 15 is 0 Å². The summed E-state index contributed by atoms with van der Waals surface area (Å²) in [5.41, 5.74) is 4.40. The highest BCUT2D eigenvalue weighted by molar-refractivity contribution is 7.92. The molecule has 1 aromatic heterocycles. The quantitative estimate of drug-likeness (QED) is 0.304. The molecule has 0 saturated carbocycles. The smallest absolute Gasteiger partial charge is 0.254 e. The lowest BCUT2D eigenvalue weighted by Crippen LogP contribution is -2.30. The monoisotopic (exact) mass is 538 g/mol. The van der Waals surface area contributed by atoms with Gasteiger partial charge in [-0.25, -0.2) is 8.42 Å². The van der Waals surface area contributed by atoms with Crippen molar-refractivity contribution in [2.75, 3.05) is 17.6 Å². The van der Waals surface area contributed by atoms with Crippen LogP contribution in [0.2, 0.25) is 5.02 Å². The van der Waals surface area contributed by atoms with Gasteiger partial charge in [0.15, 0.2) is 0 Å². The minimum Gasteiger partial charge on any atom is -0.337 e. The van der Waals surface area contributed by atoms with Crippen molar-refractivity contribution in [3.05, 3.63) is 99.9 Å². The van der Waals surface area contributed by atoms with Crippen molar-refractivity contribution in [1.29, 1.82) is 0 Å². The molecule has 0 unspecified atom stereocenters. The second kappa shape index (κ2) is 10.7. The Morgan fingerprint density at radius 1 is 0.946 bits per heavy atom. The van der Waals surface area contributed by atoms with Crippen molar-refractivity contribution in [2.45, 2.75) is 26.9 Å². The van der Waals surface area contributed by atoms with Crippen molar-refractivity contribution in [2.24, 2.45) is 0 Å². The molecule has 0 radical (unpaired) electrons. The SMILES string of the molecule is Cc1cccc(C)c1N(Cc1ccc(C(=O)N(C)Cc2nc(-c3ccc(Cl)cc3)no2)cc1)S(C)(=O)=O. The van der Waals surface area contributed by atoms with Gasteiger partial charge in [-0.15, -0.1) is 0 Å². The number of carbonyl (C=O) groups excluding carboxylic acids is 1. The number of carbonyl (C=O) groups is 1. The molecule has 10 heteroatoms. The molecule has 0 aliphatic heterocycles. The molecular weight excluding hydrogens is 512 g/mol. The Balaban J connectivity index is 1.46. The van der Waals surface area contributed by atoms with E-state index < -0.39 is 10.0 Å². The number of hydrogen-bond acceptors (Lipinski definition) is 6. The van der Waals surface area contributed by atoms with Gasteiger partial charge in [-0.2, -0.15) is 4.98 Å². The Morgan fingerprint density at radius 3 is 2.16 bits per heavy atom. The van der Waals surface area contributed by atoms with Gasteiger partial charge < -0.3 is 9.42 Å².